The number of anilines is 1. The lowest BCUT2D eigenvalue weighted by molar-refractivity contribution is 0.310. The number of hydrogen-bond donors (Lipinski definition) is 0. The molecule has 0 spiro atoms. The Morgan fingerprint density at radius 3 is 2.74 bits per heavy atom. The maximum atomic E-state index is 12.6. The summed E-state index contributed by atoms with van der Waals surface area (Å²) in [6.07, 6.45) is 2.79. The van der Waals surface area contributed by atoms with E-state index >= 15 is 0 Å². The minimum Gasteiger partial charge on any atom is -0.347 e. The lowest BCUT2D eigenvalue weighted by atomic mass is 10.00. The SMILES string of the molecule is CC(C)CCN1C[C@@H]2c3nc(N(C)C)ncc3CS(=O)(=O)[C@@H]2C1. The van der Waals surface area contributed by atoms with Gasteiger partial charge in [0.15, 0.2) is 9.84 Å². The van der Waals surface area contributed by atoms with E-state index in [1.54, 1.807) is 6.20 Å². The lowest BCUT2D eigenvalue weighted by Gasteiger charge is -2.27. The van der Waals surface area contributed by atoms with Crippen LogP contribution in [-0.4, -0.2) is 62.3 Å². The molecule has 0 N–H and O–H groups in total. The fraction of sp³-hybridized carbons (Fsp3) is 0.750. The molecule has 1 fully saturated rings. The molecule has 23 heavy (non-hydrogen) atoms. The predicted molar refractivity (Wildman–Crippen MR) is 91.4 cm³/mol. The fourth-order valence-electron chi connectivity index (χ4n) is 3.48. The van der Waals surface area contributed by atoms with Crippen LogP contribution >= 0.6 is 0 Å². The number of sulfone groups is 1. The average Bonchev–Trinajstić information content (AvgIpc) is 2.90. The first-order valence-corrected chi connectivity index (χ1v) is 9.96. The Bertz CT molecular complexity index is 687. The molecular weight excluding hydrogens is 312 g/mol. The summed E-state index contributed by atoms with van der Waals surface area (Å²) in [5, 5.41) is -0.313. The van der Waals surface area contributed by atoms with Crippen LogP contribution in [0.1, 0.15) is 37.4 Å². The van der Waals surface area contributed by atoms with Crippen molar-refractivity contribution in [2.24, 2.45) is 5.92 Å². The zero-order valence-corrected chi connectivity index (χ0v) is 15.2. The molecule has 0 unspecified atom stereocenters. The van der Waals surface area contributed by atoms with Gasteiger partial charge in [-0.15, -0.1) is 0 Å². The Balaban J connectivity index is 1.91. The molecule has 2 atom stereocenters. The van der Waals surface area contributed by atoms with E-state index in [-0.39, 0.29) is 16.9 Å². The van der Waals surface area contributed by atoms with Gasteiger partial charge in [0, 0.05) is 44.9 Å². The van der Waals surface area contributed by atoms with Crippen LogP contribution in [0.2, 0.25) is 0 Å². The van der Waals surface area contributed by atoms with Gasteiger partial charge in [-0.25, -0.2) is 18.4 Å². The largest absolute Gasteiger partial charge is 0.347 e. The van der Waals surface area contributed by atoms with Crippen LogP contribution in [0.25, 0.3) is 0 Å². The third-order valence-electron chi connectivity index (χ3n) is 4.82. The van der Waals surface area contributed by atoms with Gasteiger partial charge in [0.1, 0.15) is 0 Å². The highest BCUT2D eigenvalue weighted by Gasteiger charge is 2.47. The van der Waals surface area contributed by atoms with Crippen molar-refractivity contribution in [1.29, 1.82) is 0 Å². The maximum Gasteiger partial charge on any atom is 0.225 e. The molecule has 2 aliphatic rings. The van der Waals surface area contributed by atoms with E-state index in [0.29, 0.717) is 18.4 Å². The third-order valence-corrected chi connectivity index (χ3v) is 6.93. The van der Waals surface area contributed by atoms with Crippen LogP contribution in [0.3, 0.4) is 0 Å². The molecule has 1 aromatic heterocycles. The Kier molecular flexibility index (Phi) is 4.35. The second-order valence-electron chi connectivity index (χ2n) is 7.37. The first-order valence-electron chi connectivity index (χ1n) is 8.25. The minimum absolute atomic E-state index is 0.0161. The van der Waals surface area contributed by atoms with E-state index in [0.717, 1.165) is 30.8 Å². The molecule has 3 rings (SSSR count). The molecule has 1 aromatic rings. The highest BCUT2D eigenvalue weighted by Crippen LogP contribution is 2.39. The molecule has 1 saturated heterocycles. The molecule has 0 aromatic carbocycles. The molecular formula is C16H26N4O2S. The van der Waals surface area contributed by atoms with Crippen LogP contribution in [0.5, 0.6) is 0 Å². The van der Waals surface area contributed by atoms with Crippen LogP contribution in [0, 0.1) is 5.92 Å². The number of nitrogens with zero attached hydrogens (tertiary/aromatic N) is 4. The standard InChI is InChI=1S/C16H26N4O2S/c1-11(2)5-6-20-8-13-14(9-20)23(21,22)10-12-7-17-16(19(3)4)18-15(12)13/h7,11,13-14H,5-6,8-10H2,1-4H3/t13-,14+/m0/s1. The Labute approximate surface area is 138 Å². The van der Waals surface area contributed by atoms with E-state index in [9.17, 15) is 8.42 Å². The Morgan fingerprint density at radius 1 is 1.35 bits per heavy atom. The van der Waals surface area contributed by atoms with Gasteiger partial charge in [-0.2, -0.15) is 0 Å². The Hall–Kier alpha value is -1.21. The minimum atomic E-state index is -3.11. The van der Waals surface area contributed by atoms with Crippen LogP contribution in [0.15, 0.2) is 6.20 Å². The van der Waals surface area contributed by atoms with Crippen molar-refractivity contribution in [3.63, 3.8) is 0 Å². The predicted octanol–water partition coefficient (Wildman–Crippen LogP) is 1.28. The van der Waals surface area contributed by atoms with Gasteiger partial charge >= 0.3 is 0 Å². The molecule has 0 amide bonds. The van der Waals surface area contributed by atoms with Gasteiger partial charge in [-0.05, 0) is 18.9 Å². The highest BCUT2D eigenvalue weighted by molar-refractivity contribution is 7.91. The molecule has 7 heteroatoms. The number of likely N-dealkylation sites (tertiary alicyclic amines) is 1. The molecule has 6 nitrogen and oxygen atoms in total. The number of fused-ring (bicyclic) bond motifs is 3. The zero-order valence-electron chi connectivity index (χ0n) is 14.4. The second kappa shape index (κ2) is 6.02. The third kappa shape index (κ3) is 3.21. The number of hydrogen-bond acceptors (Lipinski definition) is 6. The highest BCUT2D eigenvalue weighted by atomic mass is 32.2. The maximum absolute atomic E-state index is 12.6. The summed E-state index contributed by atoms with van der Waals surface area (Å²) >= 11 is 0. The molecule has 0 saturated carbocycles. The van der Waals surface area contributed by atoms with E-state index < -0.39 is 9.84 Å². The molecule has 2 aliphatic heterocycles. The molecule has 0 bridgehead atoms. The molecule has 3 heterocycles. The van der Waals surface area contributed by atoms with Crippen molar-refractivity contribution in [1.82, 2.24) is 14.9 Å². The van der Waals surface area contributed by atoms with Gasteiger partial charge < -0.3 is 9.80 Å². The summed E-state index contributed by atoms with van der Waals surface area (Å²) in [5.41, 5.74) is 1.72. The smallest absolute Gasteiger partial charge is 0.225 e. The van der Waals surface area contributed by atoms with Crippen molar-refractivity contribution >= 4 is 15.8 Å². The van der Waals surface area contributed by atoms with Crippen molar-refractivity contribution in [3.8, 4) is 0 Å². The van der Waals surface area contributed by atoms with E-state index in [1.807, 2.05) is 19.0 Å². The summed E-state index contributed by atoms with van der Waals surface area (Å²) in [5.74, 6) is 1.35. The van der Waals surface area contributed by atoms with Gasteiger partial charge in [-0.1, -0.05) is 13.8 Å². The summed E-state index contributed by atoms with van der Waals surface area (Å²) in [6.45, 7) is 6.78. The first kappa shape index (κ1) is 16.6. The summed E-state index contributed by atoms with van der Waals surface area (Å²) in [6, 6.07) is 0. The number of aromatic nitrogens is 2. The first-order chi connectivity index (χ1) is 10.8. The van der Waals surface area contributed by atoms with Crippen LogP contribution < -0.4 is 4.90 Å². The van der Waals surface area contributed by atoms with Gasteiger partial charge in [0.25, 0.3) is 0 Å². The monoisotopic (exact) mass is 338 g/mol. The van der Waals surface area contributed by atoms with Gasteiger partial charge in [-0.3, -0.25) is 0 Å². The summed E-state index contributed by atoms with van der Waals surface area (Å²) in [4.78, 5) is 13.1. The van der Waals surface area contributed by atoms with Crippen molar-refractivity contribution in [2.45, 2.75) is 37.2 Å². The van der Waals surface area contributed by atoms with Gasteiger partial charge in [0.2, 0.25) is 5.95 Å². The topological polar surface area (TPSA) is 66.4 Å². The van der Waals surface area contributed by atoms with Crippen molar-refractivity contribution < 1.29 is 8.42 Å². The Morgan fingerprint density at radius 2 is 2.09 bits per heavy atom. The van der Waals surface area contributed by atoms with E-state index in [1.165, 1.54) is 0 Å². The summed E-state index contributed by atoms with van der Waals surface area (Å²) < 4.78 is 25.3. The average molecular weight is 338 g/mol. The summed E-state index contributed by atoms with van der Waals surface area (Å²) in [7, 11) is 0.697. The zero-order chi connectivity index (χ0) is 16.8. The molecule has 0 aliphatic carbocycles. The fourth-order valence-corrected chi connectivity index (χ4v) is 5.51. The van der Waals surface area contributed by atoms with Crippen LogP contribution in [0.4, 0.5) is 5.95 Å². The van der Waals surface area contributed by atoms with E-state index in [2.05, 4.69) is 28.7 Å². The molecule has 128 valence electrons. The normalized spacial score (nSPS) is 26.1. The van der Waals surface area contributed by atoms with Crippen LogP contribution in [-0.2, 0) is 15.6 Å². The van der Waals surface area contributed by atoms with E-state index in [4.69, 9.17) is 0 Å². The molecule has 0 radical (unpaired) electrons. The lowest BCUT2D eigenvalue weighted by Crippen LogP contribution is -2.35. The van der Waals surface area contributed by atoms with Gasteiger partial charge in [0.05, 0.1) is 16.7 Å². The number of rotatable bonds is 4. The second-order valence-corrected chi connectivity index (χ2v) is 9.59. The van der Waals surface area contributed by atoms with Crippen molar-refractivity contribution in [3.05, 3.63) is 17.5 Å². The quantitative estimate of drug-likeness (QED) is 0.824. The van der Waals surface area contributed by atoms with Crippen molar-refractivity contribution in [2.75, 3.05) is 38.6 Å².